The standard InChI is InChI=1S/C11H8N2O3S/c12-11-8(5-6-17-11)10(14)7-3-1-2-4-9(7)13(15)16/h1-6H,12H2. The molecule has 0 aliphatic rings. The number of nitro groups is 1. The molecule has 5 nitrogen and oxygen atoms in total. The fourth-order valence-electron chi connectivity index (χ4n) is 1.48. The van der Waals surface area contributed by atoms with Crippen LogP contribution in [-0.2, 0) is 0 Å². The van der Waals surface area contributed by atoms with Gasteiger partial charge in [-0.25, -0.2) is 0 Å². The molecular weight excluding hydrogens is 240 g/mol. The zero-order valence-electron chi connectivity index (χ0n) is 8.62. The summed E-state index contributed by atoms with van der Waals surface area (Å²) in [4.78, 5) is 22.3. The van der Waals surface area contributed by atoms with Gasteiger partial charge >= 0.3 is 0 Å². The summed E-state index contributed by atoms with van der Waals surface area (Å²) in [6, 6.07) is 7.40. The van der Waals surface area contributed by atoms with Gasteiger partial charge in [0.05, 0.1) is 15.5 Å². The molecule has 0 saturated carbocycles. The molecule has 0 saturated heterocycles. The van der Waals surface area contributed by atoms with E-state index in [2.05, 4.69) is 0 Å². The number of nitrogen functional groups attached to an aromatic ring is 1. The van der Waals surface area contributed by atoms with Crippen LogP contribution in [0.15, 0.2) is 35.7 Å². The van der Waals surface area contributed by atoms with Gasteiger partial charge in [-0.15, -0.1) is 11.3 Å². The van der Waals surface area contributed by atoms with Gasteiger partial charge in [-0.2, -0.15) is 0 Å². The van der Waals surface area contributed by atoms with Crippen molar-refractivity contribution in [3.05, 3.63) is 57.0 Å². The maximum atomic E-state index is 12.1. The summed E-state index contributed by atoms with van der Waals surface area (Å²) in [5.74, 6) is -0.420. The van der Waals surface area contributed by atoms with Crippen molar-refractivity contribution in [3.63, 3.8) is 0 Å². The molecule has 1 heterocycles. The molecule has 2 rings (SSSR count). The van der Waals surface area contributed by atoms with E-state index in [1.165, 1.54) is 29.5 Å². The van der Waals surface area contributed by atoms with Crippen LogP contribution in [-0.4, -0.2) is 10.7 Å². The van der Waals surface area contributed by atoms with E-state index < -0.39 is 10.7 Å². The maximum absolute atomic E-state index is 12.1. The number of rotatable bonds is 3. The van der Waals surface area contributed by atoms with Gasteiger partial charge in [0, 0.05) is 6.07 Å². The van der Waals surface area contributed by atoms with Gasteiger partial charge in [0.25, 0.3) is 5.69 Å². The van der Waals surface area contributed by atoms with Crippen LogP contribution in [0.2, 0.25) is 0 Å². The number of carbonyl (C=O) groups is 1. The van der Waals surface area contributed by atoms with E-state index in [4.69, 9.17) is 5.73 Å². The molecule has 0 radical (unpaired) electrons. The van der Waals surface area contributed by atoms with Gasteiger partial charge in [-0.3, -0.25) is 14.9 Å². The molecule has 0 fully saturated rings. The Morgan fingerprint density at radius 2 is 1.94 bits per heavy atom. The first-order valence-corrected chi connectivity index (χ1v) is 5.60. The molecule has 0 aliphatic heterocycles. The summed E-state index contributed by atoms with van der Waals surface area (Å²) in [5.41, 5.74) is 5.79. The fourth-order valence-corrected chi connectivity index (χ4v) is 2.12. The maximum Gasteiger partial charge on any atom is 0.280 e. The minimum atomic E-state index is -0.574. The Kier molecular flexibility index (Phi) is 2.88. The Hall–Kier alpha value is -2.21. The van der Waals surface area contributed by atoms with E-state index in [0.29, 0.717) is 10.6 Å². The van der Waals surface area contributed by atoms with E-state index in [0.717, 1.165) is 0 Å². The third-order valence-corrected chi connectivity index (χ3v) is 3.03. The average Bonchev–Trinajstić information content (AvgIpc) is 2.74. The van der Waals surface area contributed by atoms with E-state index in [1.807, 2.05) is 0 Å². The number of nitrogens with zero attached hydrogens (tertiary/aromatic N) is 1. The molecule has 1 aromatic heterocycles. The number of hydrogen-bond donors (Lipinski definition) is 1. The van der Waals surface area contributed by atoms with Gasteiger partial charge in [0.1, 0.15) is 5.56 Å². The molecule has 0 atom stereocenters. The second-order valence-electron chi connectivity index (χ2n) is 3.30. The van der Waals surface area contributed by atoms with Crippen molar-refractivity contribution in [2.24, 2.45) is 0 Å². The lowest BCUT2D eigenvalue weighted by atomic mass is 10.0. The van der Waals surface area contributed by atoms with Crippen LogP contribution in [0.5, 0.6) is 0 Å². The smallest absolute Gasteiger partial charge is 0.280 e. The molecule has 0 amide bonds. The van der Waals surface area contributed by atoms with Crippen molar-refractivity contribution in [2.75, 3.05) is 5.73 Å². The van der Waals surface area contributed by atoms with Gasteiger partial charge < -0.3 is 5.73 Å². The van der Waals surface area contributed by atoms with E-state index >= 15 is 0 Å². The van der Waals surface area contributed by atoms with Crippen LogP contribution in [0.4, 0.5) is 10.7 Å². The topological polar surface area (TPSA) is 86.2 Å². The number of para-hydroxylation sites is 1. The molecule has 86 valence electrons. The number of nitro benzene ring substituents is 1. The Morgan fingerprint density at radius 3 is 2.53 bits per heavy atom. The zero-order chi connectivity index (χ0) is 12.4. The summed E-state index contributed by atoms with van der Waals surface area (Å²) in [7, 11) is 0. The Balaban J connectivity index is 2.52. The number of ketones is 1. The summed E-state index contributed by atoms with van der Waals surface area (Å²) in [6.07, 6.45) is 0. The predicted octanol–water partition coefficient (Wildman–Crippen LogP) is 2.47. The molecule has 0 bridgehead atoms. The van der Waals surface area contributed by atoms with Crippen LogP contribution >= 0.6 is 11.3 Å². The van der Waals surface area contributed by atoms with Gasteiger partial charge in [0.2, 0.25) is 5.78 Å². The average molecular weight is 248 g/mol. The van der Waals surface area contributed by atoms with Crippen LogP contribution in [0, 0.1) is 10.1 Å². The van der Waals surface area contributed by atoms with Crippen molar-refractivity contribution in [1.29, 1.82) is 0 Å². The van der Waals surface area contributed by atoms with E-state index in [1.54, 1.807) is 17.5 Å². The highest BCUT2D eigenvalue weighted by molar-refractivity contribution is 7.14. The highest BCUT2D eigenvalue weighted by Crippen LogP contribution is 2.26. The van der Waals surface area contributed by atoms with Crippen LogP contribution < -0.4 is 5.73 Å². The van der Waals surface area contributed by atoms with Crippen LogP contribution in [0.3, 0.4) is 0 Å². The number of thiophene rings is 1. The van der Waals surface area contributed by atoms with Crippen molar-refractivity contribution >= 4 is 27.8 Å². The number of nitrogens with two attached hydrogens (primary N) is 1. The quantitative estimate of drug-likeness (QED) is 0.513. The normalized spacial score (nSPS) is 10.1. The largest absolute Gasteiger partial charge is 0.390 e. The predicted molar refractivity (Wildman–Crippen MR) is 65.3 cm³/mol. The SMILES string of the molecule is Nc1sccc1C(=O)c1ccccc1[N+](=O)[O-]. The monoisotopic (exact) mass is 248 g/mol. The summed E-state index contributed by atoms with van der Waals surface area (Å²) >= 11 is 1.23. The third-order valence-electron chi connectivity index (χ3n) is 2.29. The lowest BCUT2D eigenvalue weighted by Gasteiger charge is -2.01. The molecule has 1 aromatic carbocycles. The molecule has 2 aromatic rings. The van der Waals surface area contributed by atoms with Crippen LogP contribution in [0.1, 0.15) is 15.9 Å². The Morgan fingerprint density at radius 1 is 1.24 bits per heavy atom. The van der Waals surface area contributed by atoms with Crippen molar-refractivity contribution in [3.8, 4) is 0 Å². The minimum Gasteiger partial charge on any atom is -0.390 e. The summed E-state index contributed by atoms with van der Waals surface area (Å²) in [5, 5.41) is 12.9. The molecule has 2 N–H and O–H groups in total. The summed E-state index contributed by atoms with van der Waals surface area (Å²) < 4.78 is 0. The van der Waals surface area contributed by atoms with Crippen molar-refractivity contribution in [1.82, 2.24) is 0 Å². The first-order chi connectivity index (χ1) is 8.11. The minimum absolute atomic E-state index is 0.0580. The molecule has 6 heteroatoms. The number of anilines is 1. The van der Waals surface area contributed by atoms with E-state index in [9.17, 15) is 14.9 Å². The highest BCUT2D eigenvalue weighted by Gasteiger charge is 2.22. The van der Waals surface area contributed by atoms with Gasteiger partial charge in [-0.05, 0) is 17.5 Å². The lowest BCUT2D eigenvalue weighted by Crippen LogP contribution is -2.06. The Labute approximate surface area is 101 Å². The first kappa shape index (κ1) is 11.3. The number of hydrogen-bond acceptors (Lipinski definition) is 5. The second kappa shape index (κ2) is 4.34. The highest BCUT2D eigenvalue weighted by atomic mass is 32.1. The third kappa shape index (κ3) is 2.02. The number of carbonyl (C=O) groups excluding carboxylic acids is 1. The molecule has 17 heavy (non-hydrogen) atoms. The Bertz CT molecular complexity index is 592. The van der Waals surface area contributed by atoms with Crippen molar-refractivity contribution in [2.45, 2.75) is 0 Å². The first-order valence-electron chi connectivity index (χ1n) is 4.72. The molecular formula is C11H8N2O3S. The van der Waals surface area contributed by atoms with E-state index in [-0.39, 0.29) is 11.3 Å². The van der Waals surface area contributed by atoms with Gasteiger partial charge in [0.15, 0.2) is 0 Å². The molecule has 0 aliphatic carbocycles. The fraction of sp³-hybridized carbons (Fsp3) is 0. The number of benzene rings is 1. The van der Waals surface area contributed by atoms with Gasteiger partial charge in [-0.1, -0.05) is 12.1 Å². The lowest BCUT2D eigenvalue weighted by molar-refractivity contribution is -0.385. The zero-order valence-corrected chi connectivity index (χ0v) is 9.44. The van der Waals surface area contributed by atoms with Crippen LogP contribution in [0.25, 0.3) is 0 Å². The second-order valence-corrected chi connectivity index (χ2v) is 4.25. The van der Waals surface area contributed by atoms with Crippen molar-refractivity contribution < 1.29 is 9.72 Å². The summed E-state index contributed by atoms with van der Waals surface area (Å²) in [6.45, 7) is 0. The molecule has 0 unspecified atom stereocenters. The molecule has 0 spiro atoms.